The van der Waals surface area contributed by atoms with E-state index in [4.69, 9.17) is 10.5 Å². The molecule has 0 amide bonds. The maximum Gasteiger partial charge on any atom is 0.191 e. The van der Waals surface area contributed by atoms with Crippen LogP contribution >= 0.6 is 15.9 Å². The zero-order valence-electron chi connectivity index (χ0n) is 9.03. The molecule has 0 spiro atoms. The van der Waals surface area contributed by atoms with Crippen molar-refractivity contribution in [2.45, 2.75) is 19.3 Å². The van der Waals surface area contributed by atoms with Crippen molar-refractivity contribution in [2.75, 3.05) is 13.7 Å². The number of nitrogens with two attached hydrogens (primary N) is 1. The highest BCUT2D eigenvalue weighted by Crippen LogP contribution is 2.31. The van der Waals surface area contributed by atoms with Crippen molar-refractivity contribution < 1.29 is 13.5 Å². The number of rotatable bonds is 5. The van der Waals surface area contributed by atoms with Crippen LogP contribution in [-0.4, -0.2) is 13.7 Å². The van der Waals surface area contributed by atoms with Gasteiger partial charge in [-0.15, -0.1) is 0 Å². The molecule has 2 nitrogen and oxygen atoms in total. The van der Waals surface area contributed by atoms with Gasteiger partial charge in [0.2, 0.25) is 0 Å². The first-order valence-corrected chi connectivity index (χ1v) is 5.81. The van der Waals surface area contributed by atoms with Crippen molar-refractivity contribution in [1.29, 1.82) is 0 Å². The monoisotopic (exact) mass is 293 g/mol. The fraction of sp³-hybridized carbons (Fsp3) is 0.455. The van der Waals surface area contributed by atoms with Crippen LogP contribution in [0, 0.1) is 11.6 Å². The minimum absolute atomic E-state index is 0.216. The lowest BCUT2D eigenvalue weighted by molar-refractivity contribution is 0.356. The van der Waals surface area contributed by atoms with Gasteiger partial charge in [-0.2, -0.15) is 0 Å². The summed E-state index contributed by atoms with van der Waals surface area (Å²) in [7, 11) is 1.25. The summed E-state index contributed by atoms with van der Waals surface area (Å²) in [5.74, 6) is -1.67. The molecule has 0 aliphatic carbocycles. The fourth-order valence-electron chi connectivity index (χ4n) is 1.45. The largest absolute Gasteiger partial charge is 0.491 e. The Bertz CT molecular complexity index is 371. The van der Waals surface area contributed by atoms with Crippen LogP contribution in [-0.2, 0) is 6.42 Å². The van der Waals surface area contributed by atoms with E-state index in [1.54, 1.807) is 0 Å². The Hall–Kier alpha value is -0.680. The Balaban J connectivity index is 2.96. The molecule has 0 aromatic heterocycles. The predicted molar refractivity (Wildman–Crippen MR) is 62.6 cm³/mol. The molecule has 1 aromatic carbocycles. The number of hydrogen-bond donors (Lipinski definition) is 1. The molecule has 1 rings (SSSR count). The van der Waals surface area contributed by atoms with Crippen LogP contribution in [0.25, 0.3) is 0 Å². The van der Waals surface area contributed by atoms with E-state index in [0.717, 1.165) is 12.8 Å². The van der Waals surface area contributed by atoms with Crippen molar-refractivity contribution in [3.63, 3.8) is 0 Å². The van der Waals surface area contributed by atoms with Gasteiger partial charge in [0.15, 0.2) is 17.4 Å². The summed E-state index contributed by atoms with van der Waals surface area (Å²) in [6.07, 6.45) is 2.11. The smallest absolute Gasteiger partial charge is 0.191 e. The van der Waals surface area contributed by atoms with Gasteiger partial charge >= 0.3 is 0 Å². The van der Waals surface area contributed by atoms with Crippen LogP contribution in [0.1, 0.15) is 18.4 Å². The Morgan fingerprint density at radius 1 is 1.31 bits per heavy atom. The minimum atomic E-state index is -0.706. The second-order valence-electron chi connectivity index (χ2n) is 3.42. The summed E-state index contributed by atoms with van der Waals surface area (Å²) in [5.41, 5.74) is 5.80. The van der Waals surface area contributed by atoms with Crippen LogP contribution in [0.3, 0.4) is 0 Å². The lowest BCUT2D eigenvalue weighted by Crippen LogP contribution is -2.02. The van der Waals surface area contributed by atoms with Crippen LogP contribution in [0.2, 0.25) is 0 Å². The van der Waals surface area contributed by atoms with E-state index in [9.17, 15) is 8.78 Å². The average molecular weight is 294 g/mol. The van der Waals surface area contributed by atoms with Crippen molar-refractivity contribution in [3.05, 3.63) is 27.7 Å². The van der Waals surface area contributed by atoms with Gasteiger partial charge in [-0.3, -0.25) is 0 Å². The molecule has 90 valence electrons. The van der Waals surface area contributed by atoms with Crippen LogP contribution in [0.15, 0.2) is 10.5 Å². The number of halogens is 3. The summed E-state index contributed by atoms with van der Waals surface area (Å²) in [4.78, 5) is 0. The number of aryl methyl sites for hydroxylation is 1. The number of benzene rings is 1. The minimum Gasteiger partial charge on any atom is -0.491 e. The van der Waals surface area contributed by atoms with E-state index in [0.29, 0.717) is 18.5 Å². The zero-order chi connectivity index (χ0) is 12.1. The van der Waals surface area contributed by atoms with Gasteiger partial charge < -0.3 is 10.5 Å². The molecule has 0 fully saturated rings. The third kappa shape index (κ3) is 2.92. The Morgan fingerprint density at radius 2 is 2.00 bits per heavy atom. The molecule has 5 heteroatoms. The van der Waals surface area contributed by atoms with E-state index in [2.05, 4.69) is 15.9 Å². The van der Waals surface area contributed by atoms with Gasteiger partial charge in [0.25, 0.3) is 0 Å². The molecular formula is C11H14BrF2NO. The van der Waals surface area contributed by atoms with E-state index in [1.807, 2.05) is 0 Å². The van der Waals surface area contributed by atoms with Crippen molar-refractivity contribution in [1.82, 2.24) is 0 Å². The molecule has 0 atom stereocenters. The Morgan fingerprint density at radius 3 is 2.56 bits per heavy atom. The second kappa shape index (κ2) is 6.15. The van der Waals surface area contributed by atoms with Crippen molar-refractivity contribution >= 4 is 15.9 Å². The SMILES string of the molecule is COc1c(F)c(Br)cc(CCCCN)c1F. The van der Waals surface area contributed by atoms with Crippen LogP contribution < -0.4 is 10.5 Å². The highest BCUT2D eigenvalue weighted by Gasteiger charge is 2.17. The first kappa shape index (κ1) is 13.4. The Kier molecular flexibility index (Phi) is 5.15. The topological polar surface area (TPSA) is 35.2 Å². The summed E-state index contributed by atoms with van der Waals surface area (Å²) in [6, 6.07) is 1.45. The highest BCUT2D eigenvalue weighted by atomic mass is 79.9. The molecule has 0 aliphatic rings. The highest BCUT2D eigenvalue weighted by molar-refractivity contribution is 9.10. The summed E-state index contributed by atoms with van der Waals surface area (Å²) in [5, 5.41) is 0. The Labute approximate surface area is 102 Å². The van der Waals surface area contributed by atoms with E-state index in [-0.39, 0.29) is 10.2 Å². The normalized spacial score (nSPS) is 10.6. The van der Waals surface area contributed by atoms with Gasteiger partial charge in [0.05, 0.1) is 11.6 Å². The standard InChI is InChI=1S/C11H14BrF2NO/c1-16-11-9(13)7(4-2-3-5-15)6-8(12)10(11)14/h6H,2-5,15H2,1H3. The molecule has 0 saturated carbocycles. The zero-order valence-corrected chi connectivity index (χ0v) is 10.6. The molecule has 0 unspecified atom stereocenters. The number of hydrogen-bond acceptors (Lipinski definition) is 2. The summed E-state index contributed by atoms with van der Waals surface area (Å²) < 4.78 is 32.0. The van der Waals surface area contributed by atoms with Gasteiger partial charge in [0.1, 0.15) is 0 Å². The molecule has 2 N–H and O–H groups in total. The first-order chi connectivity index (χ1) is 7.61. The lowest BCUT2D eigenvalue weighted by Gasteiger charge is -2.10. The summed E-state index contributed by atoms with van der Waals surface area (Å²) in [6.45, 7) is 0.571. The molecule has 1 aromatic rings. The molecule has 0 aliphatic heterocycles. The first-order valence-electron chi connectivity index (χ1n) is 5.02. The fourth-order valence-corrected chi connectivity index (χ4v) is 1.91. The molecule has 16 heavy (non-hydrogen) atoms. The maximum atomic E-state index is 13.7. The maximum absolute atomic E-state index is 13.7. The van der Waals surface area contributed by atoms with E-state index >= 15 is 0 Å². The molecule has 0 bridgehead atoms. The second-order valence-corrected chi connectivity index (χ2v) is 4.28. The van der Waals surface area contributed by atoms with Gasteiger partial charge in [-0.1, -0.05) is 0 Å². The van der Waals surface area contributed by atoms with Crippen LogP contribution in [0.4, 0.5) is 8.78 Å². The molecule has 0 radical (unpaired) electrons. The average Bonchev–Trinajstić information content (AvgIpc) is 2.26. The lowest BCUT2D eigenvalue weighted by atomic mass is 10.1. The number of unbranched alkanes of at least 4 members (excludes halogenated alkanes) is 1. The molecular weight excluding hydrogens is 280 g/mol. The molecule has 0 heterocycles. The van der Waals surface area contributed by atoms with E-state index < -0.39 is 11.6 Å². The van der Waals surface area contributed by atoms with Gasteiger partial charge in [-0.05, 0) is 53.4 Å². The predicted octanol–water partition coefficient (Wildman–Crippen LogP) is 3.02. The quantitative estimate of drug-likeness (QED) is 0.669. The molecule has 0 saturated heterocycles. The van der Waals surface area contributed by atoms with E-state index in [1.165, 1.54) is 13.2 Å². The number of methoxy groups -OCH3 is 1. The summed E-state index contributed by atoms with van der Waals surface area (Å²) >= 11 is 3.03. The van der Waals surface area contributed by atoms with Crippen molar-refractivity contribution in [3.8, 4) is 5.75 Å². The van der Waals surface area contributed by atoms with Crippen LogP contribution in [0.5, 0.6) is 5.75 Å². The third-order valence-electron chi connectivity index (χ3n) is 2.30. The van der Waals surface area contributed by atoms with Gasteiger partial charge in [-0.25, -0.2) is 8.78 Å². The van der Waals surface area contributed by atoms with Gasteiger partial charge in [0, 0.05) is 0 Å². The van der Waals surface area contributed by atoms with Crippen molar-refractivity contribution in [2.24, 2.45) is 5.73 Å². The third-order valence-corrected chi connectivity index (χ3v) is 2.87. The number of ether oxygens (including phenoxy) is 1.